The van der Waals surface area contributed by atoms with Gasteiger partial charge in [-0.3, -0.25) is 9.69 Å². The number of benzene rings is 2. The van der Waals surface area contributed by atoms with Gasteiger partial charge >= 0.3 is 6.18 Å². The van der Waals surface area contributed by atoms with Crippen LogP contribution in [0.2, 0.25) is 0 Å². The standard InChI is InChI=1S/C20H21F3N2O2/c21-20(22,23)18-6-2-5-17(12-18)19(26)24-13-15-3-1-4-16(11-15)14-25-7-9-27-10-8-25/h1-6,11-12H,7-10,13-14H2,(H,24,26). The first-order chi connectivity index (χ1) is 12.9. The molecule has 3 rings (SSSR count). The van der Waals surface area contributed by atoms with Crippen molar-refractivity contribution in [1.29, 1.82) is 0 Å². The smallest absolute Gasteiger partial charge is 0.379 e. The van der Waals surface area contributed by atoms with Crippen LogP contribution >= 0.6 is 0 Å². The Balaban J connectivity index is 1.59. The summed E-state index contributed by atoms with van der Waals surface area (Å²) in [5.74, 6) is -0.528. The number of ether oxygens (including phenoxy) is 1. The molecule has 7 heteroatoms. The first-order valence-electron chi connectivity index (χ1n) is 8.75. The molecular weight excluding hydrogens is 357 g/mol. The van der Waals surface area contributed by atoms with Gasteiger partial charge in [0.25, 0.3) is 5.91 Å². The van der Waals surface area contributed by atoms with Gasteiger partial charge in [-0.1, -0.05) is 30.3 Å². The van der Waals surface area contributed by atoms with E-state index in [4.69, 9.17) is 4.74 Å². The summed E-state index contributed by atoms with van der Waals surface area (Å²) in [4.78, 5) is 14.5. The van der Waals surface area contributed by atoms with Gasteiger partial charge < -0.3 is 10.1 Å². The molecule has 144 valence electrons. The maximum atomic E-state index is 12.8. The van der Waals surface area contributed by atoms with Crippen molar-refractivity contribution in [1.82, 2.24) is 10.2 Å². The third kappa shape index (κ3) is 5.55. The van der Waals surface area contributed by atoms with Crippen molar-refractivity contribution in [3.63, 3.8) is 0 Å². The van der Waals surface area contributed by atoms with E-state index in [9.17, 15) is 18.0 Å². The van der Waals surface area contributed by atoms with E-state index < -0.39 is 17.6 Å². The van der Waals surface area contributed by atoms with Crippen molar-refractivity contribution in [2.75, 3.05) is 26.3 Å². The summed E-state index contributed by atoms with van der Waals surface area (Å²) in [7, 11) is 0. The van der Waals surface area contributed by atoms with Crippen molar-refractivity contribution in [3.8, 4) is 0 Å². The minimum Gasteiger partial charge on any atom is -0.379 e. The molecule has 0 radical (unpaired) electrons. The van der Waals surface area contributed by atoms with Crippen LogP contribution in [-0.2, 0) is 24.0 Å². The van der Waals surface area contributed by atoms with Crippen LogP contribution in [0.25, 0.3) is 0 Å². The lowest BCUT2D eigenvalue weighted by Crippen LogP contribution is -2.35. The van der Waals surface area contributed by atoms with E-state index in [0.717, 1.165) is 56.1 Å². The van der Waals surface area contributed by atoms with Gasteiger partial charge in [-0.15, -0.1) is 0 Å². The van der Waals surface area contributed by atoms with Crippen molar-refractivity contribution in [2.24, 2.45) is 0 Å². The highest BCUT2D eigenvalue weighted by Crippen LogP contribution is 2.29. The van der Waals surface area contributed by atoms with Gasteiger partial charge in [0.2, 0.25) is 0 Å². The third-order valence-corrected chi connectivity index (χ3v) is 4.41. The average molecular weight is 378 g/mol. The minimum absolute atomic E-state index is 0.00528. The van der Waals surface area contributed by atoms with Crippen LogP contribution in [-0.4, -0.2) is 37.1 Å². The number of rotatable bonds is 5. The van der Waals surface area contributed by atoms with Crippen LogP contribution in [0.15, 0.2) is 48.5 Å². The molecule has 0 unspecified atom stereocenters. The molecule has 4 nitrogen and oxygen atoms in total. The number of amides is 1. The van der Waals surface area contributed by atoms with Crippen molar-refractivity contribution in [2.45, 2.75) is 19.3 Å². The summed E-state index contributed by atoms with van der Waals surface area (Å²) in [5, 5.41) is 2.68. The molecule has 1 aliphatic rings. The molecule has 0 bridgehead atoms. The molecule has 0 aromatic heterocycles. The highest BCUT2D eigenvalue weighted by Gasteiger charge is 2.30. The monoisotopic (exact) mass is 378 g/mol. The van der Waals surface area contributed by atoms with Crippen LogP contribution in [0.3, 0.4) is 0 Å². The quantitative estimate of drug-likeness (QED) is 0.866. The number of nitrogens with one attached hydrogen (secondary N) is 1. The molecule has 1 heterocycles. The minimum atomic E-state index is -4.47. The zero-order valence-electron chi connectivity index (χ0n) is 14.8. The summed E-state index contributed by atoms with van der Waals surface area (Å²) >= 11 is 0. The fourth-order valence-electron chi connectivity index (χ4n) is 2.98. The van der Waals surface area contributed by atoms with Crippen LogP contribution < -0.4 is 5.32 Å². The summed E-state index contributed by atoms with van der Waals surface area (Å²) < 4.78 is 43.7. The van der Waals surface area contributed by atoms with E-state index in [1.807, 2.05) is 24.3 Å². The predicted octanol–water partition coefficient (Wildman–Crippen LogP) is 3.47. The highest BCUT2D eigenvalue weighted by molar-refractivity contribution is 5.94. The van der Waals surface area contributed by atoms with Crippen LogP contribution in [0.4, 0.5) is 13.2 Å². The molecule has 0 saturated carbocycles. The SMILES string of the molecule is O=C(NCc1cccc(CN2CCOCC2)c1)c1cccc(C(F)(F)F)c1. The molecular formula is C20H21F3N2O2. The zero-order chi connectivity index (χ0) is 19.3. The van der Waals surface area contributed by atoms with Gasteiger partial charge in [0.15, 0.2) is 0 Å². The van der Waals surface area contributed by atoms with Crippen molar-refractivity contribution >= 4 is 5.91 Å². The van der Waals surface area contributed by atoms with Gasteiger partial charge in [-0.25, -0.2) is 0 Å². The van der Waals surface area contributed by atoms with E-state index >= 15 is 0 Å². The molecule has 0 aliphatic carbocycles. The van der Waals surface area contributed by atoms with Gasteiger partial charge in [0.05, 0.1) is 18.8 Å². The summed E-state index contributed by atoms with van der Waals surface area (Å²) in [5.41, 5.74) is 1.20. The van der Waals surface area contributed by atoms with Gasteiger partial charge in [-0.05, 0) is 29.3 Å². The molecule has 1 saturated heterocycles. The third-order valence-electron chi connectivity index (χ3n) is 4.41. The van der Waals surface area contributed by atoms with Crippen molar-refractivity contribution < 1.29 is 22.7 Å². The Morgan fingerprint density at radius 3 is 2.48 bits per heavy atom. The van der Waals surface area contributed by atoms with Gasteiger partial charge in [0, 0.05) is 31.7 Å². The molecule has 0 atom stereocenters. The lowest BCUT2D eigenvalue weighted by atomic mass is 10.1. The second kappa shape index (κ2) is 8.54. The Bertz CT molecular complexity index is 787. The fourth-order valence-corrected chi connectivity index (χ4v) is 2.98. The normalized spacial score (nSPS) is 15.5. The number of hydrogen-bond acceptors (Lipinski definition) is 3. The Hall–Kier alpha value is -2.38. The van der Waals surface area contributed by atoms with Gasteiger partial charge in [0.1, 0.15) is 0 Å². The lowest BCUT2D eigenvalue weighted by Gasteiger charge is -2.26. The Morgan fingerprint density at radius 1 is 1.04 bits per heavy atom. The molecule has 1 fully saturated rings. The Kier molecular flexibility index (Phi) is 6.13. The maximum Gasteiger partial charge on any atom is 0.416 e. The van der Waals surface area contributed by atoms with Crippen molar-refractivity contribution in [3.05, 3.63) is 70.8 Å². The second-order valence-corrected chi connectivity index (χ2v) is 6.47. The van der Waals surface area contributed by atoms with E-state index in [2.05, 4.69) is 10.2 Å². The number of halogens is 3. The fraction of sp³-hybridized carbons (Fsp3) is 0.350. The summed E-state index contributed by atoms with van der Waals surface area (Å²) in [6.07, 6.45) is -4.47. The second-order valence-electron chi connectivity index (χ2n) is 6.47. The van der Waals surface area contributed by atoms with Crippen LogP contribution in [0, 0.1) is 0 Å². The molecule has 1 amide bonds. The number of morpholine rings is 1. The predicted molar refractivity (Wildman–Crippen MR) is 95.2 cm³/mol. The molecule has 2 aromatic carbocycles. The average Bonchev–Trinajstić information content (AvgIpc) is 2.67. The number of hydrogen-bond donors (Lipinski definition) is 1. The molecule has 1 N–H and O–H groups in total. The summed E-state index contributed by atoms with van der Waals surface area (Å²) in [6, 6.07) is 12.3. The topological polar surface area (TPSA) is 41.6 Å². The Labute approximate surface area is 155 Å². The number of carbonyl (C=O) groups excluding carboxylic acids is 1. The number of nitrogens with zero attached hydrogens (tertiary/aromatic N) is 1. The van der Waals surface area contributed by atoms with Crippen LogP contribution in [0.5, 0.6) is 0 Å². The molecule has 2 aromatic rings. The van der Waals surface area contributed by atoms with E-state index in [1.165, 1.54) is 12.1 Å². The first kappa shape index (κ1) is 19.4. The van der Waals surface area contributed by atoms with Gasteiger partial charge in [-0.2, -0.15) is 13.2 Å². The molecule has 1 aliphatic heterocycles. The molecule has 0 spiro atoms. The summed E-state index contributed by atoms with van der Waals surface area (Å²) in [6.45, 7) is 4.29. The number of alkyl halides is 3. The Morgan fingerprint density at radius 2 is 1.74 bits per heavy atom. The number of carbonyl (C=O) groups is 1. The largest absolute Gasteiger partial charge is 0.416 e. The van der Waals surface area contributed by atoms with Crippen LogP contribution in [0.1, 0.15) is 27.0 Å². The highest BCUT2D eigenvalue weighted by atomic mass is 19.4. The van der Waals surface area contributed by atoms with E-state index in [0.29, 0.717) is 0 Å². The van der Waals surface area contributed by atoms with E-state index in [-0.39, 0.29) is 12.1 Å². The maximum absolute atomic E-state index is 12.8. The zero-order valence-corrected chi connectivity index (χ0v) is 14.8. The molecule has 27 heavy (non-hydrogen) atoms. The van der Waals surface area contributed by atoms with E-state index in [1.54, 1.807) is 0 Å². The first-order valence-corrected chi connectivity index (χ1v) is 8.75. The lowest BCUT2D eigenvalue weighted by molar-refractivity contribution is -0.137.